The molecule has 0 bridgehead atoms. The number of benzene rings is 2. The normalized spacial score (nSPS) is 13.3. The average Bonchev–Trinajstić information content (AvgIpc) is 3.31. The van der Waals surface area contributed by atoms with Crippen molar-refractivity contribution in [3.63, 3.8) is 0 Å². The molecular formula is C24H26N4O3. The first kappa shape index (κ1) is 20.7. The van der Waals surface area contributed by atoms with Gasteiger partial charge in [0.2, 0.25) is 0 Å². The molecule has 1 aliphatic rings. The summed E-state index contributed by atoms with van der Waals surface area (Å²) in [6, 6.07) is 13.0. The predicted octanol–water partition coefficient (Wildman–Crippen LogP) is 4.17. The van der Waals surface area contributed by atoms with Crippen LogP contribution in [0, 0.1) is 13.8 Å². The molecule has 0 radical (unpaired) electrons. The number of hydrogen-bond acceptors (Lipinski definition) is 5. The van der Waals surface area contributed by atoms with Crippen LogP contribution in [0.1, 0.15) is 34.3 Å². The summed E-state index contributed by atoms with van der Waals surface area (Å²) < 4.78 is 7.32. The zero-order valence-corrected chi connectivity index (χ0v) is 18.0. The van der Waals surface area contributed by atoms with Crippen LogP contribution in [0.15, 0.2) is 53.5 Å². The van der Waals surface area contributed by atoms with Crippen LogP contribution in [0.2, 0.25) is 0 Å². The molecule has 7 nitrogen and oxygen atoms in total. The second kappa shape index (κ2) is 8.63. The van der Waals surface area contributed by atoms with Crippen LogP contribution in [-0.4, -0.2) is 33.7 Å². The fourth-order valence-electron chi connectivity index (χ4n) is 3.65. The third-order valence-corrected chi connectivity index (χ3v) is 5.65. The van der Waals surface area contributed by atoms with Gasteiger partial charge in [-0.05, 0) is 62.1 Å². The molecule has 1 aromatic heterocycles. The smallest absolute Gasteiger partial charge is 0.294 e. The first-order chi connectivity index (χ1) is 14.9. The summed E-state index contributed by atoms with van der Waals surface area (Å²) in [6.45, 7) is 5.55. The van der Waals surface area contributed by atoms with Crippen molar-refractivity contribution in [3.05, 3.63) is 75.7 Å². The first-order valence-electron chi connectivity index (χ1n) is 10.4. The zero-order chi connectivity index (χ0) is 22.0. The molecular weight excluding hydrogens is 392 g/mol. The predicted molar refractivity (Wildman–Crippen MR) is 120 cm³/mol. The van der Waals surface area contributed by atoms with Crippen LogP contribution < -0.4 is 15.6 Å². The number of amides is 1. The van der Waals surface area contributed by atoms with E-state index >= 15 is 0 Å². The van der Waals surface area contributed by atoms with E-state index in [4.69, 9.17) is 4.74 Å². The minimum Gasteiger partial charge on any atom is -0.453 e. The van der Waals surface area contributed by atoms with Gasteiger partial charge in [-0.1, -0.05) is 18.2 Å². The summed E-state index contributed by atoms with van der Waals surface area (Å²) >= 11 is 0. The second-order valence-electron chi connectivity index (χ2n) is 7.82. The summed E-state index contributed by atoms with van der Waals surface area (Å²) in [4.78, 5) is 27.5. The van der Waals surface area contributed by atoms with Gasteiger partial charge in [0.1, 0.15) is 5.75 Å². The Kier molecular flexibility index (Phi) is 5.75. The maximum Gasteiger partial charge on any atom is 0.294 e. The number of nitrogens with one attached hydrogen (secondary N) is 1. The monoisotopic (exact) mass is 418 g/mol. The zero-order valence-electron chi connectivity index (χ0n) is 18.0. The Morgan fingerprint density at radius 3 is 2.58 bits per heavy atom. The molecule has 0 atom stereocenters. The molecule has 1 N–H and O–H groups in total. The minimum absolute atomic E-state index is 0.00985. The lowest BCUT2D eigenvalue weighted by atomic mass is 10.1. The number of nitrogens with zero attached hydrogens (tertiary/aromatic N) is 3. The molecule has 2 heterocycles. The lowest BCUT2D eigenvalue weighted by Gasteiger charge is -2.17. The number of rotatable bonds is 5. The largest absolute Gasteiger partial charge is 0.453 e. The van der Waals surface area contributed by atoms with E-state index in [0.29, 0.717) is 22.7 Å². The molecule has 1 fully saturated rings. The molecule has 4 rings (SSSR count). The maximum atomic E-state index is 12.8. The molecule has 1 amide bonds. The number of carbonyl (C=O) groups excluding carboxylic acids is 1. The molecule has 2 aromatic carbocycles. The van der Waals surface area contributed by atoms with E-state index in [9.17, 15) is 9.59 Å². The van der Waals surface area contributed by atoms with Crippen molar-refractivity contribution in [1.29, 1.82) is 0 Å². The van der Waals surface area contributed by atoms with Crippen LogP contribution >= 0.6 is 0 Å². The van der Waals surface area contributed by atoms with Crippen molar-refractivity contribution in [1.82, 2.24) is 14.7 Å². The molecule has 0 spiro atoms. The van der Waals surface area contributed by atoms with Crippen molar-refractivity contribution < 1.29 is 9.53 Å². The Morgan fingerprint density at radius 1 is 1.06 bits per heavy atom. The van der Waals surface area contributed by atoms with E-state index in [1.807, 2.05) is 49.1 Å². The number of aryl methyl sites for hydroxylation is 2. The van der Waals surface area contributed by atoms with Crippen molar-refractivity contribution in [2.24, 2.45) is 7.05 Å². The van der Waals surface area contributed by atoms with E-state index < -0.39 is 0 Å². The van der Waals surface area contributed by atoms with Crippen LogP contribution in [0.25, 0.3) is 0 Å². The molecule has 160 valence electrons. The third-order valence-electron chi connectivity index (χ3n) is 5.65. The topological polar surface area (TPSA) is 76.5 Å². The van der Waals surface area contributed by atoms with E-state index in [-0.39, 0.29) is 17.2 Å². The molecule has 31 heavy (non-hydrogen) atoms. The van der Waals surface area contributed by atoms with Gasteiger partial charge >= 0.3 is 0 Å². The van der Waals surface area contributed by atoms with Crippen molar-refractivity contribution >= 4 is 17.3 Å². The van der Waals surface area contributed by atoms with Gasteiger partial charge in [0.15, 0.2) is 11.4 Å². The summed E-state index contributed by atoms with van der Waals surface area (Å²) in [5, 5.41) is 7.26. The standard InChI is InChI=1S/C24H26N4O3/c1-16-8-6-11-20(17(16)2)31-21-15-25-27(3)24(30)22(21)26-19-10-7-9-18(14-19)23(29)28-12-4-5-13-28/h6-11,14-15,26H,4-5,12-13H2,1-3H3. The summed E-state index contributed by atoms with van der Waals surface area (Å²) in [5.41, 5.74) is 3.27. The molecule has 0 unspecified atom stereocenters. The Bertz CT molecular complexity index is 1180. The second-order valence-corrected chi connectivity index (χ2v) is 7.82. The quantitative estimate of drug-likeness (QED) is 0.673. The highest BCUT2D eigenvalue weighted by Crippen LogP contribution is 2.31. The molecule has 0 saturated carbocycles. The van der Waals surface area contributed by atoms with Crippen LogP contribution in [0.4, 0.5) is 11.4 Å². The molecule has 7 heteroatoms. The van der Waals surface area contributed by atoms with Gasteiger partial charge in [0, 0.05) is 31.4 Å². The average molecular weight is 418 g/mol. The van der Waals surface area contributed by atoms with Crippen LogP contribution in [0.5, 0.6) is 11.5 Å². The van der Waals surface area contributed by atoms with E-state index in [1.165, 1.54) is 10.9 Å². The Labute approximate surface area is 181 Å². The van der Waals surface area contributed by atoms with Crippen molar-refractivity contribution in [3.8, 4) is 11.5 Å². The number of carbonyl (C=O) groups is 1. The number of anilines is 2. The summed E-state index contributed by atoms with van der Waals surface area (Å²) in [6.07, 6.45) is 3.59. The van der Waals surface area contributed by atoms with Gasteiger partial charge in [-0.15, -0.1) is 0 Å². The first-order valence-corrected chi connectivity index (χ1v) is 10.4. The van der Waals surface area contributed by atoms with Gasteiger partial charge in [-0.3, -0.25) is 9.59 Å². The summed E-state index contributed by atoms with van der Waals surface area (Å²) in [5.74, 6) is 1.000. The lowest BCUT2D eigenvalue weighted by Crippen LogP contribution is -2.27. The molecule has 1 aliphatic heterocycles. The fraction of sp³-hybridized carbons (Fsp3) is 0.292. The van der Waals surface area contributed by atoms with Gasteiger partial charge in [-0.25, -0.2) is 4.68 Å². The highest BCUT2D eigenvalue weighted by Gasteiger charge is 2.20. The van der Waals surface area contributed by atoms with E-state index in [0.717, 1.165) is 37.1 Å². The third kappa shape index (κ3) is 4.30. The van der Waals surface area contributed by atoms with Gasteiger partial charge < -0.3 is 15.0 Å². The maximum absolute atomic E-state index is 12.8. The highest BCUT2D eigenvalue weighted by atomic mass is 16.5. The van der Waals surface area contributed by atoms with Gasteiger partial charge in [0.25, 0.3) is 11.5 Å². The minimum atomic E-state index is -0.320. The van der Waals surface area contributed by atoms with E-state index in [1.54, 1.807) is 19.2 Å². The number of aromatic nitrogens is 2. The molecule has 3 aromatic rings. The van der Waals surface area contributed by atoms with Gasteiger partial charge in [0.05, 0.1) is 6.20 Å². The van der Waals surface area contributed by atoms with Gasteiger partial charge in [-0.2, -0.15) is 5.10 Å². The van der Waals surface area contributed by atoms with Crippen LogP contribution in [-0.2, 0) is 7.05 Å². The lowest BCUT2D eigenvalue weighted by molar-refractivity contribution is 0.0793. The van der Waals surface area contributed by atoms with Crippen LogP contribution in [0.3, 0.4) is 0 Å². The number of hydrogen-bond donors (Lipinski definition) is 1. The SMILES string of the molecule is Cc1cccc(Oc2cnn(C)c(=O)c2Nc2cccc(C(=O)N3CCCC3)c2)c1C. The van der Waals surface area contributed by atoms with Crippen molar-refractivity contribution in [2.75, 3.05) is 18.4 Å². The number of likely N-dealkylation sites (tertiary alicyclic amines) is 1. The Hall–Kier alpha value is -3.61. The molecule has 1 saturated heterocycles. The highest BCUT2D eigenvalue weighted by molar-refractivity contribution is 5.95. The van der Waals surface area contributed by atoms with Crippen molar-refractivity contribution in [2.45, 2.75) is 26.7 Å². The Balaban J connectivity index is 1.66. The summed E-state index contributed by atoms with van der Waals surface area (Å²) in [7, 11) is 1.59. The molecule has 0 aliphatic carbocycles. The van der Waals surface area contributed by atoms with E-state index in [2.05, 4.69) is 10.4 Å². The Morgan fingerprint density at radius 2 is 1.81 bits per heavy atom. The fourth-order valence-corrected chi connectivity index (χ4v) is 3.65. The number of ether oxygens (including phenoxy) is 1.